The molecule has 0 fully saturated rings. The van der Waals surface area contributed by atoms with Crippen molar-refractivity contribution in [2.24, 2.45) is 7.05 Å². The second kappa shape index (κ2) is 5.98. The number of nitrogens with zero attached hydrogens (tertiary/aromatic N) is 4. The lowest BCUT2D eigenvalue weighted by Crippen LogP contribution is -2.26. The van der Waals surface area contributed by atoms with Gasteiger partial charge in [0.1, 0.15) is 10.3 Å². The maximum Gasteiger partial charge on any atom is 0.283 e. The van der Waals surface area contributed by atoms with Crippen LogP contribution in [-0.4, -0.2) is 31.0 Å². The zero-order valence-electron chi connectivity index (χ0n) is 10.4. The fraction of sp³-hybridized carbons (Fsp3) is 0.364. The second-order valence-corrected chi connectivity index (χ2v) is 4.73. The molecule has 7 nitrogen and oxygen atoms in total. The third kappa shape index (κ3) is 3.02. The van der Waals surface area contributed by atoms with E-state index < -0.39 is 0 Å². The van der Waals surface area contributed by atoms with Crippen LogP contribution in [0.5, 0.6) is 0 Å². The molecule has 0 aliphatic heterocycles. The van der Waals surface area contributed by atoms with Crippen molar-refractivity contribution in [2.75, 3.05) is 11.9 Å². The second-order valence-electron chi connectivity index (χ2n) is 3.93. The van der Waals surface area contributed by atoms with E-state index in [0.717, 1.165) is 5.82 Å². The van der Waals surface area contributed by atoms with Crippen LogP contribution in [0.15, 0.2) is 27.9 Å². The first kappa shape index (κ1) is 13.8. The van der Waals surface area contributed by atoms with Crippen LogP contribution in [0.2, 0.25) is 0 Å². The number of imidazole rings is 1. The van der Waals surface area contributed by atoms with Gasteiger partial charge in [0, 0.05) is 19.4 Å². The van der Waals surface area contributed by atoms with E-state index in [4.69, 9.17) is 5.11 Å². The Kier molecular flexibility index (Phi) is 4.33. The Morgan fingerprint density at radius 1 is 1.53 bits per heavy atom. The van der Waals surface area contributed by atoms with Crippen LogP contribution in [0.3, 0.4) is 0 Å². The zero-order valence-corrected chi connectivity index (χ0v) is 12.0. The van der Waals surface area contributed by atoms with Crippen LogP contribution >= 0.6 is 15.9 Å². The average molecular weight is 328 g/mol. The molecular weight excluding hydrogens is 314 g/mol. The quantitative estimate of drug-likeness (QED) is 0.827. The number of hydrogen-bond donors (Lipinski definition) is 2. The predicted octanol–water partition coefficient (Wildman–Crippen LogP) is 0.344. The molecule has 0 aliphatic rings. The number of aliphatic hydroxyl groups excluding tert-OH is 1. The Morgan fingerprint density at radius 2 is 2.32 bits per heavy atom. The Bertz CT molecular complexity index is 622. The van der Waals surface area contributed by atoms with Gasteiger partial charge in [-0.15, -0.1) is 0 Å². The summed E-state index contributed by atoms with van der Waals surface area (Å²) in [6, 6.07) is 0. The highest BCUT2D eigenvalue weighted by Gasteiger charge is 2.09. The summed E-state index contributed by atoms with van der Waals surface area (Å²) in [5.41, 5.74) is 0.320. The van der Waals surface area contributed by atoms with E-state index in [1.807, 2.05) is 17.8 Å². The van der Waals surface area contributed by atoms with Crippen LogP contribution < -0.4 is 10.9 Å². The molecule has 2 rings (SSSR count). The van der Waals surface area contributed by atoms with Crippen molar-refractivity contribution in [1.82, 2.24) is 19.3 Å². The van der Waals surface area contributed by atoms with Gasteiger partial charge in [-0.2, -0.15) is 5.10 Å². The first-order valence-electron chi connectivity index (χ1n) is 5.70. The standard InChI is InChI=1S/C11H14BrN5O2/c1-16-3-2-13-9(16)7-14-8-6-15-17(4-5-18)11(19)10(8)12/h2-3,6,14,18H,4-5,7H2,1H3. The molecular formula is C11H14BrN5O2. The lowest BCUT2D eigenvalue weighted by Gasteiger charge is -2.09. The maximum atomic E-state index is 11.9. The molecule has 0 radical (unpaired) electrons. The molecule has 0 atom stereocenters. The number of nitrogens with one attached hydrogen (secondary N) is 1. The zero-order chi connectivity index (χ0) is 13.8. The van der Waals surface area contributed by atoms with Gasteiger partial charge in [0.05, 0.1) is 31.6 Å². The highest BCUT2D eigenvalue weighted by molar-refractivity contribution is 9.10. The fourth-order valence-corrected chi connectivity index (χ4v) is 2.03. The molecule has 2 aromatic rings. The van der Waals surface area contributed by atoms with Gasteiger partial charge >= 0.3 is 0 Å². The van der Waals surface area contributed by atoms with E-state index in [-0.39, 0.29) is 18.7 Å². The molecule has 0 aromatic carbocycles. The van der Waals surface area contributed by atoms with Crippen molar-refractivity contribution in [3.63, 3.8) is 0 Å². The van der Waals surface area contributed by atoms with E-state index in [1.54, 1.807) is 12.4 Å². The van der Waals surface area contributed by atoms with Gasteiger partial charge in [0.25, 0.3) is 5.56 Å². The first-order chi connectivity index (χ1) is 9.13. The molecule has 102 valence electrons. The number of aromatic nitrogens is 4. The Balaban J connectivity index is 2.16. The van der Waals surface area contributed by atoms with Crippen molar-refractivity contribution in [2.45, 2.75) is 13.1 Å². The van der Waals surface area contributed by atoms with E-state index in [9.17, 15) is 4.79 Å². The third-order valence-corrected chi connectivity index (χ3v) is 3.42. The normalized spacial score (nSPS) is 10.7. The van der Waals surface area contributed by atoms with Gasteiger partial charge in [-0.3, -0.25) is 4.79 Å². The number of rotatable bonds is 5. The van der Waals surface area contributed by atoms with E-state index >= 15 is 0 Å². The molecule has 19 heavy (non-hydrogen) atoms. The number of anilines is 1. The monoisotopic (exact) mass is 327 g/mol. The molecule has 0 saturated carbocycles. The summed E-state index contributed by atoms with van der Waals surface area (Å²) >= 11 is 3.24. The van der Waals surface area contributed by atoms with Crippen molar-refractivity contribution in [3.05, 3.63) is 39.2 Å². The SMILES string of the molecule is Cn1ccnc1CNc1cnn(CCO)c(=O)c1Br. The van der Waals surface area contributed by atoms with Crippen LogP contribution in [0.1, 0.15) is 5.82 Å². The lowest BCUT2D eigenvalue weighted by molar-refractivity contribution is 0.266. The van der Waals surface area contributed by atoms with E-state index in [2.05, 4.69) is 31.3 Å². The minimum absolute atomic E-state index is 0.126. The lowest BCUT2D eigenvalue weighted by atomic mass is 10.4. The van der Waals surface area contributed by atoms with Crippen molar-refractivity contribution < 1.29 is 5.11 Å². The first-order valence-corrected chi connectivity index (χ1v) is 6.49. The fourth-order valence-electron chi connectivity index (χ4n) is 1.58. The minimum atomic E-state index is -0.279. The summed E-state index contributed by atoms with van der Waals surface area (Å²) in [6.45, 7) is 0.545. The summed E-state index contributed by atoms with van der Waals surface area (Å²) in [6.07, 6.45) is 5.11. The highest BCUT2D eigenvalue weighted by Crippen LogP contribution is 2.16. The number of aliphatic hydroxyl groups is 1. The molecule has 0 bridgehead atoms. The van der Waals surface area contributed by atoms with E-state index in [0.29, 0.717) is 16.7 Å². The number of hydrogen-bond acceptors (Lipinski definition) is 5. The van der Waals surface area contributed by atoms with Crippen molar-refractivity contribution in [1.29, 1.82) is 0 Å². The average Bonchev–Trinajstić information content (AvgIpc) is 2.80. The smallest absolute Gasteiger partial charge is 0.283 e. The van der Waals surface area contributed by atoms with Gasteiger partial charge in [-0.05, 0) is 15.9 Å². The summed E-state index contributed by atoms with van der Waals surface area (Å²) in [7, 11) is 1.90. The van der Waals surface area contributed by atoms with Crippen LogP contribution in [0.4, 0.5) is 5.69 Å². The Hall–Kier alpha value is -1.67. The summed E-state index contributed by atoms with van der Waals surface area (Å²) in [5.74, 6) is 0.853. The Labute approximate surface area is 118 Å². The predicted molar refractivity (Wildman–Crippen MR) is 73.8 cm³/mol. The topological polar surface area (TPSA) is 85.0 Å². The third-order valence-electron chi connectivity index (χ3n) is 2.65. The molecule has 2 aromatic heterocycles. The molecule has 0 aliphatic carbocycles. The molecule has 0 unspecified atom stereocenters. The van der Waals surface area contributed by atoms with E-state index in [1.165, 1.54) is 4.68 Å². The summed E-state index contributed by atoms with van der Waals surface area (Å²) in [4.78, 5) is 16.1. The van der Waals surface area contributed by atoms with Gasteiger partial charge in [0.15, 0.2) is 0 Å². The van der Waals surface area contributed by atoms with Crippen LogP contribution in [-0.2, 0) is 20.1 Å². The van der Waals surface area contributed by atoms with Crippen molar-refractivity contribution >= 4 is 21.6 Å². The van der Waals surface area contributed by atoms with Crippen molar-refractivity contribution in [3.8, 4) is 0 Å². The van der Waals surface area contributed by atoms with Gasteiger partial charge < -0.3 is 15.0 Å². The molecule has 0 spiro atoms. The molecule has 2 N–H and O–H groups in total. The minimum Gasteiger partial charge on any atom is -0.394 e. The number of aryl methyl sites for hydroxylation is 1. The maximum absolute atomic E-state index is 11.9. The summed E-state index contributed by atoms with van der Waals surface area (Å²) in [5, 5.41) is 15.9. The van der Waals surface area contributed by atoms with Gasteiger partial charge in [-0.1, -0.05) is 0 Å². The largest absolute Gasteiger partial charge is 0.394 e. The Morgan fingerprint density at radius 3 is 2.95 bits per heavy atom. The van der Waals surface area contributed by atoms with Crippen LogP contribution in [0.25, 0.3) is 0 Å². The molecule has 2 heterocycles. The van der Waals surface area contributed by atoms with Crippen LogP contribution in [0, 0.1) is 0 Å². The van der Waals surface area contributed by atoms with Gasteiger partial charge in [-0.25, -0.2) is 9.67 Å². The molecule has 0 saturated heterocycles. The summed E-state index contributed by atoms with van der Waals surface area (Å²) < 4.78 is 3.49. The highest BCUT2D eigenvalue weighted by atomic mass is 79.9. The molecule has 8 heteroatoms. The van der Waals surface area contributed by atoms with Gasteiger partial charge in [0.2, 0.25) is 0 Å². The number of halogens is 1. The molecule has 0 amide bonds.